The van der Waals surface area contributed by atoms with Gasteiger partial charge in [0.2, 0.25) is 5.91 Å². The summed E-state index contributed by atoms with van der Waals surface area (Å²) in [5.74, 6) is -0.169. The topological polar surface area (TPSA) is 96.5 Å². The smallest absolute Gasteiger partial charge is 0.272 e. The van der Waals surface area contributed by atoms with E-state index in [0.29, 0.717) is 23.5 Å². The number of aryl methyl sites for hydroxylation is 1. The van der Waals surface area contributed by atoms with E-state index >= 15 is 0 Å². The normalized spacial score (nSPS) is 11.8. The Morgan fingerprint density at radius 3 is 2.14 bits per heavy atom. The fourth-order valence-corrected chi connectivity index (χ4v) is 5.00. The van der Waals surface area contributed by atoms with Crippen molar-refractivity contribution in [1.82, 2.24) is 5.32 Å². The Morgan fingerprint density at radius 1 is 0.818 bits per heavy atom. The summed E-state index contributed by atoms with van der Waals surface area (Å²) in [5, 5.41) is 8.23. The molecule has 0 saturated heterocycles. The van der Waals surface area contributed by atoms with Crippen LogP contribution in [0.15, 0.2) is 114 Å². The third-order valence-electron chi connectivity index (χ3n) is 6.70. The van der Waals surface area contributed by atoms with Gasteiger partial charge in [0, 0.05) is 21.8 Å². The highest BCUT2D eigenvalue weighted by molar-refractivity contribution is 8.00. The van der Waals surface area contributed by atoms with Crippen molar-refractivity contribution in [3.8, 4) is 5.75 Å². The number of amides is 3. The minimum atomic E-state index is -0.451. The molecule has 4 aromatic rings. The molecule has 0 bridgehead atoms. The summed E-state index contributed by atoms with van der Waals surface area (Å²) in [5.41, 5.74) is 3.63. The van der Waals surface area contributed by atoms with Crippen molar-refractivity contribution in [1.29, 1.82) is 0 Å². The van der Waals surface area contributed by atoms with E-state index in [1.165, 1.54) is 11.8 Å². The van der Waals surface area contributed by atoms with Crippen molar-refractivity contribution < 1.29 is 19.1 Å². The Kier molecular flexibility index (Phi) is 11.8. The first kappa shape index (κ1) is 32.1. The first-order valence-corrected chi connectivity index (χ1v) is 15.5. The number of ether oxygens (including phenoxy) is 1. The van der Waals surface area contributed by atoms with Gasteiger partial charge in [-0.3, -0.25) is 14.4 Å². The molecule has 226 valence electrons. The second-order valence-electron chi connectivity index (χ2n) is 10.2. The Labute approximate surface area is 263 Å². The van der Waals surface area contributed by atoms with E-state index in [2.05, 4.69) is 22.9 Å². The van der Waals surface area contributed by atoms with Gasteiger partial charge < -0.3 is 20.7 Å². The molecule has 0 aliphatic heterocycles. The zero-order valence-corrected chi connectivity index (χ0v) is 25.9. The van der Waals surface area contributed by atoms with Gasteiger partial charge in [-0.25, -0.2) is 0 Å². The molecule has 1 atom stereocenters. The lowest BCUT2D eigenvalue weighted by Crippen LogP contribution is -2.30. The molecule has 4 aromatic carbocycles. The highest BCUT2D eigenvalue weighted by Gasteiger charge is 2.17. The van der Waals surface area contributed by atoms with Gasteiger partial charge >= 0.3 is 0 Å². The number of anilines is 2. The van der Waals surface area contributed by atoms with E-state index in [0.717, 1.165) is 34.6 Å². The SMILES string of the molecule is CCCCOc1ccc(NC(=O)C(C)Sc2ccc(NC(=O)/C(=C/c3ccccc3C)NC(=O)c3ccccc3)cc2)cc1. The number of carbonyl (C=O) groups is 3. The summed E-state index contributed by atoms with van der Waals surface area (Å²) >= 11 is 1.41. The molecule has 0 radical (unpaired) electrons. The molecular weight excluding hydrogens is 570 g/mol. The molecule has 4 rings (SSSR count). The summed E-state index contributed by atoms with van der Waals surface area (Å²) < 4.78 is 5.68. The molecule has 8 heteroatoms. The quantitative estimate of drug-likeness (QED) is 0.0822. The first-order chi connectivity index (χ1) is 21.3. The van der Waals surface area contributed by atoms with Crippen LogP contribution in [0.25, 0.3) is 6.08 Å². The maximum absolute atomic E-state index is 13.3. The van der Waals surface area contributed by atoms with Gasteiger partial charge in [-0.15, -0.1) is 11.8 Å². The average molecular weight is 608 g/mol. The zero-order valence-electron chi connectivity index (χ0n) is 25.1. The molecule has 0 aliphatic carbocycles. The molecule has 1 unspecified atom stereocenters. The number of thioether (sulfide) groups is 1. The number of hydrogen-bond acceptors (Lipinski definition) is 5. The van der Waals surface area contributed by atoms with Crippen LogP contribution in [-0.2, 0) is 9.59 Å². The third-order valence-corrected chi connectivity index (χ3v) is 7.81. The van der Waals surface area contributed by atoms with E-state index in [-0.39, 0.29) is 22.8 Å². The maximum Gasteiger partial charge on any atom is 0.272 e. The zero-order chi connectivity index (χ0) is 31.3. The standard InChI is InChI=1S/C36H37N3O4S/c1-4-5-23-43-31-19-15-29(16-20-31)37-34(40)26(3)44-32-21-17-30(18-22-32)38-36(42)33(24-28-14-10-9-11-25(28)2)39-35(41)27-12-7-6-8-13-27/h6-22,24,26H,4-5,23H2,1-3H3,(H,37,40)(H,38,42)(H,39,41)/b33-24-. The molecule has 0 spiro atoms. The van der Waals surface area contributed by atoms with Crippen LogP contribution in [-0.4, -0.2) is 29.6 Å². The predicted octanol–water partition coefficient (Wildman–Crippen LogP) is 7.70. The number of benzene rings is 4. The molecule has 3 amide bonds. The summed E-state index contributed by atoms with van der Waals surface area (Å²) in [6.45, 7) is 6.58. The van der Waals surface area contributed by atoms with Crippen LogP contribution in [0, 0.1) is 6.92 Å². The highest BCUT2D eigenvalue weighted by atomic mass is 32.2. The van der Waals surface area contributed by atoms with Gasteiger partial charge in [-0.05, 0) is 98.1 Å². The molecule has 0 fully saturated rings. The number of hydrogen-bond donors (Lipinski definition) is 3. The van der Waals surface area contributed by atoms with Crippen LogP contribution in [0.2, 0.25) is 0 Å². The fraction of sp³-hybridized carbons (Fsp3) is 0.194. The predicted molar refractivity (Wildman–Crippen MR) is 179 cm³/mol. The Hall–Kier alpha value is -4.82. The van der Waals surface area contributed by atoms with Gasteiger partial charge in [0.25, 0.3) is 11.8 Å². The molecule has 0 aromatic heterocycles. The molecule has 0 aliphatic rings. The molecule has 44 heavy (non-hydrogen) atoms. The van der Waals surface area contributed by atoms with E-state index < -0.39 is 5.91 Å². The van der Waals surface area contributed by atoms with Gasteiger partial charge in [-0.1, -0.05) is 55.8 Å². The van der Waals surface area contributed by atoms with Gasteiger partial charge in [0.15, 0.2) is 0 Å². The highest BCUT2D eigenvalue weighted by Crippen LogP contribution is 2.26. The van der Waals surface area contributed by atoms with E-state index in [4.69, 9.17) is 4.74 Å². The lowest BCUT2D eigenvalue weighted by atomic mass is 10.1. The molecule has 3 N–H and O–H groups in total. The van der Waals surface area contributed by atoms with Crippen LogP contribution in [0.3, 0.4) is 0 Å². The van der Waals surface area contributed by atoms with Crippen LogP contribution in [0.4, 0.5) is 11.4 Å². The Morgan fingerprint density at radius 2 is 1.45 bits per heavy atom. The second-order valence-corrected chi connectivity index (χ2v) is 11.6. The lowest BCUT2D eigenvalue weighted by molar-refractivity contribution is -0.115. The summed E-state index contributed by atoms with van der Waals surface area (Å²) in [6.07, 6.45) is 3.74. The van der Waals surface area contributed by atoms with E-state index in [9.17, 15) is 14.4 Å². The molecular formula is C36H37N3O4S. The van der Waals surface area contributed by atoms with Crippen LogP contribution in [0.1, 0.15) is 48.2 Å². The van der Waals surface area contributed by atoms with Gasteiger partial charge in [-0.2, -0.15) is 0 Å². The number of nitrogens with one attached hydrogen (secondary N) is 3. The van der Waals surface area contributed by atoms with Crippen LogP contribution >= 0.6 is 11.8 Å². The monoisotopic (exact) mass is 607 g/mol. The van der Waals surface area contributed by atoms with Crippen molar-refractivity contribution in [2.45, 2.75) is 43.8 Å². The van der Waals surface area contributed by atoms with Crippen molar-refractivity contribution in [3.63, 3.8) is 0 Å². The maximum atomic E-state index is 13.3. The Balaban J connectivity index is 1.37. The third kappa shape index (κ3) is 9.61. The lowest BCUT2D eigenvalue weighted by Gasteiger charge is -2.14. The summed E-state index contributed by atoms with van der Waals surface area (Å²) in [4.78, 5) is 39.9. The van der Waals surface area contributed by atoms with Crippen LogP contribution in [0.5, 0.6) is 5.75 Å². The summed E-state index contributed by atoms with van der Waals surface area (Å²) in [6, 6.07) is 31.0. The Bertz CT molecular complexity index is 1590. The number of rotatable bonds is 13. The van der Waals surface area contributed by atoms with Crippen molar-refractivity contribution in [2.24, 2.45) is 0 Å². The fourth-order valence-electron chi connectivity index (χ4n) is 4.13. The minimum Gasteiger partial charge on any atom is -0.494 e. The summed E-state index contributed by atoms with van der Waals surface area (Å²) in [7, 11) is 0. The van der Waals surface area contributed by atoms with E-state index in [1.54, 1.807) is 42.5 Å². The number of carbonyl (C=O) groups excluding carboxylic acids is 3. The first-order valence-electron chi connectivity index (χ1n) is 14.6. The number of unbranched alkanes of at least 4 members (excludes halogenated alkanes) is 1. The van der Waals surface area contributed by atoms with Crippen LogP contribution < -0.4 is 20.7 Å². The molecule has 7 nitrogen and oxygen atoms in total. The van der Waals surface area contributed by atoms with Gasteiger partial charge in [0.05, 0.1) is 11.9 Å². The molecule has 0 saturated carbocycles. The van der Waals surface area contributed by atoms with Crippen molar-refractivity contribution in [3.05, 3.63) is 126 Å². The van der Waals surface area contributed by atoms with Crippen molar-refractivity contribution in [2.75, 3.05) is 17.2 Å². The molecule has 0 heterocycles. The minimum absolute atomic E-state index is 0.118. The van der Waals surface area contributed by atoms with E-state index in [1.807, 2.05) is 80.6 Å². The van der Waals surface area contributed by atoms with Crippen molar-refractivity contribution >= 4 is 46.9 Å². The second kappa shape index (κ2) is 16.1. The average Bonchev–Trinajstić information content (AvgIpc) is 3.04. The van der Waals surface area contributed by atoms with Gasteiger partial charge in [0.1, 0.15) is 11.4 Å². The largest absolute Gasteiger partial charge is 0.494 e.